The quantitative estimate of drug-likeness (QED) is 0.610. The van der Waals surface area contributed by atoms with Crippen LogP contribution >= 0.6 is 0 Å². The van der Waals surface area contributed by atoms with Crippen LogP contribution in [-0.2, 0) is 14.9 Å². The third-order valence-corrected chi connectivity index (χ3v) is 3.59. The second-order valence-electron chi connectivity index (χ2n) is 6.46. The van der Waals surface area contributed by atoms with E-state index in [1.165, 1.54) is 11.1 Å². The lowest BCUT2D eigenvalue weighted by Crippen LogP contribution is -2.21. The van der Waals surface area contributed by atoms with Gasteiger partial charge in [0, 0.05) is 12.5 Å². The molecule has 0 bridgehead atoms. The Labute approximate surface area is 129 Å². The van der Waals surface area contributed by atoms with Crippen LogP contribution in [0.4, 0.5) is 0 Å². The molecule has 0 aliphatic rings. The molecule has 0 spiro atoms. The average Bonchev–Trinajstić information content (AvgIpc) is 2.43. The molecule has 0 radical (unpaired) electrons. The first-order valence-electron chi connectivity index (χ1n) is 7.84. The van der Waals surface area contributed by atoms with Gasteiger partial charge in [-0.1, -0.05) is 45.0 Å². The predicted molar refractivity (Wildman–Crippen MR) is 87.4 cm³/mol. The Kier molecular flexibility index (Phi) is 6.90. The molecule has 0 amide bonds. The molecule has 1 rings (SSSR count). The van der Waals surface area contributed by atoms with Gasteiger partial charge in [-0.25, -0.2) is 0 Å². The van der Waals surface area contributed by atoms with Gasteiger partial charge in [0.1, 0.15) is 0 Å². The van der Waals surface area contributed by atoms with Crippen molar-refractivity contribution in [3.63, 3.8) is 0 Å². The van der Waals surface area contributed by atoms with E-state index in [-0.39, 0.29) is 11.4 Å². The van der Waals surface area contributed by atoms with Crippen molar-refractivity contribution in [1.29, 1.82) is 0 Å². The van der Waals surface area contributed by atoms with Gasteiger partial charge in [0.25, 0.3) is 0 Å². The second-order valence-corrected chi connectivity index (χ2v) is 6.46. The minimum Gasteiger partial charge on any atom is -0.466 e. The van der Waals surface area contributed by atoms with Gasteiger partial charge in [0.05, 0.1) is 6.61 Å². The number of hydrogen-bond donors (Lipinski definition) is 1. The van der Waals surface area contributed by atoms with Crippen molar-refractivity contribution in [2.75, 3.05) is 13.2 Å². The molecule has 118 valence electrons. The first-order valence-corrected chi connectivity index (χ1v) is 7.84. The maximum absolute atomic E-state index is 11.2. The molecular formula is C18H29NO2. The van der Waals surface area contributed by atoms with Crippen molar-refractivity contribution in [3.8, 4) is 0 Å². The summed E-state index contributed by atoms with van der Waals surface area (Å²) in [5, 5.41) is 3.45. The lowest BCUT2D eigenvalue weighted by Gasteiger charge is -2.20. The van der Waals surface area contributed by atoms with Crippen LogP contribution in [-0.4, -0.2) is 19.1 Å². The molecule has 3 nitrogen and oxygen atoms in total. The largest absolute Gasteiger partial charge is 0.466 e. The molecule has 0 aliphatic heterocycles. The van der Waals surface area contributed by atoms with Crippen molar-refractivity contribution < 1.29 is 9.53 Å². The van der Waals surface area contributed by atoms with Crippen LogP contribution in [0.3, 0.4) is 0 Å². The Bertz CT molecular complexity index is 432. The Hall–Kier alpha value is -1.35. The van der Waals surface area contributed by atoms with E-state index in [9.17, 15) is 4.79 Å². The molecule has 0 aliphatic carbocycles. The van der Waals surface area contributed by atoms with E-state index in [1.807, 2.05) is 6.92 Å². The van der Waals surface area contributed by atoms with Gasteiger partial charge in [-0.3, -0.25) is 4.79 Å². The van der Waals surface area contributed by atoms with Crippen LogP contribution in [0.15, 0.2) is 24.3 Å². The first-order chi connectivity index (χ1) is 9.84. The standard InChI is InChI=1S/C18H29NO2/c1-6-21-17(20)8-7-13-19-14(2)15-9-11-16(12-10-15)18(3,4)5/h9-12,14,19H,6-8,13H2,1-5H3. The summed E-state index contributed by atoms with van der Waals surface area (Å²) in [6.45, 7) is 11.9. The molecule has 0 saturated heterocycles. The fourth-order valence-electron chi connectivity index (χ4n) is 2.17. The number of ether oxygens (including phenoxy) is 1. The summed E-state index contributed by atoms with van der Waals surface area (Å²) in [7, 11) is 0. The van der Waals surface area contributed by atoms with Gasteiger partial charge in [0.2, 0.25) is 0 Å². The fourth-order valence-corrected chi connectivity index (χ4v) is 2.17. The maximum atomic E-state index is 11.2. The maximum Gasteiger partial charge on any atom is 0.305 e. The van der Waals surface area contributed by atoms with Crippen LogP contribution in [0.2, 0.25) is 0 Å². The van der Waals surface area contributed by atoms with Crippen molar-refractivity contribution in [2.24, 2.45) is 0 Å². The average molecular weight is 291 g/mol. The fraction of sp³-hybridized carbons (Fsp3) is 0.611. The number of carbonyl (C=O) groups is 1. The van der Waals surface area contributed by atoms with Crippen LogP contribution in [0.5, 0.6) is 0 Å². The highest BCUT2D eigenvalue weighted by molar-refractivity contribution is 5.69. The van der Waals surface area contributed by atoms with Crippen molar-refractivity contribution in [2.45, 2.75) is 58.9 Å². The predicted octanol–water partition coefficient (Wildman–Crippen LogP) is 3.98. The zero-order valence-electron chi connectivity index (χ0n) is 14.0. The van der Waals surface area contributed by atoms with Gasteiger partial charge in [-0.2, -0.15) is 0 Å². The van der Waals surface area contributed by atoms with Gasteiger partial charge in [-0.15, -0.1) is 0 Å². The highest BCUT2D eigenvalue weighted by Gasteiger charge is 2.13. The number of benzene rings is 1. The highest BCUT2D eigenvalue weighted by Crippen LogP contribution is 2.23. The zero-order valence-corrected chi connectivity index (χ0v) is 14.0. The van der Waals surface area contributed by atoms with Crippen LogP contribution < -0.4 is 5.32 Å². The molecule has 1 unspecified atom stereocenters. The molecule has 0 heterocycles. The van der Waals surface area contributed by atoms with E-state index in [0.717, 1.165) is 13.0 Å². The normalized spacial score (nSPS) is 13.0. The molecule has 3 heteroatoms. The van der Waals surface area contributed by atoms with E-state index in [2.05, 4.69) is 57.3 Å². The summed E-state index contributed by atoms with van der Waals surface area (Å²) >= 11 is 0. The van der Waals surface area contributed by atoms with Crippen LogP contribution in [0.1, 0.15) is 64.6 Å². The topological polar surface area (TPSA) is 38.3 Å². The Morgan fingerprint density at radius 1 is 1.24 bits per heavy atom. The Morgan fingerprint density at radius 3 is 2.38 bits per heavy atom. The molecule has 0 saturated carbocycles. The van der Waals surface area contributed by atoms with E-state index < -0.39 is 0 Å². The van der Waals surface area contributed by atoms with E-state index in [1.54, 1.807) is 0 Å². The number of nitrogens with one attached hydrogen (secondary N) is 1. The summed E-state index contributed by atoms with van der Waals surface area (Å²) in [5.41, 5.74) is 2.81. The van der Waals surface area contributed by atoms with Gasteiger partial charge in [-0.05, 0) is 43.4 Å². The Balaban J connectivity index is 2.38. The molecule has 1 N–H and O–H groups in total. The number of carbonyl (C=O) groups excluding carboxylic acids is 1. The first kappa shape index (κ1) is 17.7. The van der Waals surface area contributed by atoms with E-state index >= 15 is 0 Å². The SMILES string of the molecule is CCOC(=O)CCCNC(C)c1ccc(C(C)(C)C)cc1. The minimum absolute atomic E-state index is 0.110. The monoisotopic (exact) mass is 291 g/mol. The summed E-state index contributed by atoms with van der Waals surface area (Å²) in [6, 6.07) is 9.06. The molecule has 0 aromatic heterocycles. The minimum atomic E-state index is -0.110. The highest BCUT2D eigenvalue weighted by atomic mass is 16.5. The van der Waals surface area contributed by atoms with Crippen molar-refractivity contribution in [3.05, 3.63) is 35.4 Å². The van der Waals surface area contributed by atoms with E-state index in [4.69, 9.17) is 4.74 Å². The molecular weight excluding hydrogens is 262 g/mol. The summed E-state index contributed by atoms with van der Waals surface area (Å²) < 4.78 is 4.91. The molecule has 1 atom stereocenters. The van der Waals surface area contributed by atoms with Gasteiger partial charge >= 0.3 is 5.97 Å². The molecule has 0 fully saturated rings. The Morgan fingerprint density at radius 2 is 1.86 bits per heavy atom. The molecule has 1 aromatic rings. The van der Waals surface area contributed by atoms with Crippen molar-refractivity contribution >= 4 is 5.97 Å². The van der Waals surface area contributed by atoms with Crippen LogP contribution in [0.25, 0.3) is 0 Å². The second kappa shape index (κ2) is 8.18. The molecule has 1 aromatic carbocycles. The van der Waals surface area contributed by atoms with Gasteiger partial charge in [0.15, 0.2) is 0 Å². The number of hydrogen-bond acceptors (Lipinski definition) is 3. The third kappa shape index (κ3) is 6.30. The smallest absolute Gasteiger partial charge is 0.305 e. The van der Waals surface area contributed by atoms with Gasteiger partial charge < -0.3 is 10.1 Å². The van der Waals surface area contributed by atoms with E-state index in [0.29, 0.717) is 19.1 Å². The van der Waals surface area contributed by atoms with Crippen molar-refractivity contribution in [1.82, 2.24) is 5.32 Å². The number of rotatable bonds is 7. The lowest BCUT2D eigenvalue weighted by molar-refractivity contribution is -0.143. The zero-order chi connectivity index (χ0) is 15.9. The lowest BCUT2D eigenvalue weighted by atomic mass is 9.86. The number of esters is 1. The summed E-state index contributed by atoms with van der Waals surface area (Å²) in [4.78, 5) is 11.2. The van der Waals surface area contributed by atoms with Crippen LogP contribution in [0, 0.1) is 0 Å². The molecule has 21 heavy (non-hydrogen) atoms. The third-order valence-electron chi connectivity index (χ3n) is 3.59. The summed E-state index contributed by atoms with van der Waals surface area (Å²) in [6.07, 6.45) is 1.29. The summed E-state index contributed by atoms with van der Waals surface area (Å²) in [5.74, 6) is -0.110.